The minimum absolute atomic E-state index is 0.308. The van der Waals surface area contributed by atoms with Crippen molar-refractivity contribution in [3.8, 4) is 5.75 Å². The maximum Gasteiger partial charge on any atom is 0.191 e. The predicted molar refractivity (Wildman–Crippen MR) is 111 cm³/mol. The molecule has 2 N–H and O–H groups in total. The van der Waals surface area contributed by atoms with E-state index in [-0.39, 0.29) is 0 Å². The Morgan fingerprint density at radius 1 is 1.31 bits per heavy atom. The summed E-state index contributed by atoms with van der Waals surface area (Å²) in [5.74, 6) is 2.34. The average Bonchev–Trinajstić information content (AvgIpc) is 2.66. The number of guanidine groups is 1. The molecule has 1 aliphatic rings. The Balaban J connectivity index is 1.81. The van der Waals surface area contributed by atoms with Crippen molar-refractivity contribution >= 4 is 28.4 Å². The first-order valence-electron chi connectivity index (χ1n) is 9.42. The van der Waals surface area contributed by atoms with E-state index >= 15 is 0 Å². The van der Waals surface area contributed by atoms with E-state index in [0.29, 0.717) is 29.5 Å². The average molecular weight is 400 g/mol. The molecular formula is C19H30ClN3O2S. The fourth-order valence-corrected chi connectivity index (χ4v) is 4.59. The van der Waals surface area contributed by atoms with Gasteiger partial charge in [0.05, 0.1) is 6.54 Å². The maximum absolute atomic E-state index is 12.1. The molecule has 2 rings (SSSR count). The van der Waals surface area contributed by atoms with Gasteiger partial charge in [0, 0.05) is 39.4 Å². The van der Waals surface area contributed by atoms with Crippen LogP contribution in [-0.2, 0) is 10.8 Å². The van der Waals surface area contributed by atoms with Crippen LogP contribution in [-0.4, -0.2) is 46.9 Å². The van der Waals surface area contributed by atoms with Crippen LogP contribution >= 0.6 is 11.6 Å². The number of aliphatic imine (C=N–C) groups is 1. The fourth-order valence-electron chi connectivity index (χ4n) is 3.12. The van der Waals surface area contributed by atoms with E-state index < -0.39 is 10.8 Å². The quantitative estimate of drug-likeness (QED) is 0.399. The van der Waals surface area contributed by atoms with Gasteiger partial charge < -0.3 is 15.4 Å². The van der Waals surface area contributed by atoms with E-state index in [1.807, 2.05) is 31.2 Å². The van der Waals surface area contributed by atoms with Gasteiger partial charge in [-0.3, -0.25) is 4.21 Å². The molecule has 0 saturated heterocycles. The lowest BCUT2D eigenvalue weighted by Gasteiger charge is -2.30. The molecule has 3 atom stereocenters. The molecule has 5 nitrogen and oxygen atoms in total. The van der Waals surface area contributed by atoms with Crippen molar-refractivity contribution in [1.29, 1.82) is 0 Å². The Kier molecular flexibility index (Phi) is 9.26. The highest BCUT2D eigenvalue weighted by molar-refractivity contribution is 7.85. The second kappa shape index (κ2) is 11.4. The van der Waals surface area contributed by atoms with Crippen molar-refractivity contribution in [3.63, 3.8) is 0 Å². The monoisotopic (exact) mass is 399 g/mol. The lowest BCUT2D eigenvalue weighted by molar-refractivity contribution is 0.328. The van der Waals surface area contributed by atoms with Gasteiger partial charge >= 0.3 is 0 Å². The van der Waals surface area contributed by atoms with Crippen LogP contribution in [0.15, 0.2) is 29.3 Å². The zero-order chi connectivity index (χ0) is 18.8. The molecule has 26 heavy (non-hydrogen) atoms. The van der Waals surface area contributed by atoms with Crippen molar-refractivity contribution in [2.75, 3.05) is 25.4 Å². The smallest absolute Gasteiger partial charge is 0.191 e. The summed E-state index contributed by atoms with van der Waals surface area (Å²) in [5.41, 5.74) is 0. The zero-order valence-corrected chi connectivity index (χ0v) is 17.2. The maximum atomic E-state index is 12.1. The summed E-state index contributed by atoms with van der Waals surface area (Å²) >= 11 is 5.87. The molecule has 0 bridgehead atoms. The first-order chi connectivity index (χ1) is 12.6. The Hall–Kier alpha value is -1.27. The highest BCUT2D eigenvalue weighted by Crippen LogP contribution is 2.23. The van der Waals surface area contributed by atoms with E-state index in [1.165, 1.54) is 0 Å². The lowest BCUT2D eigenvalue weighted by atomic mass is 9.95. The highest BCUT2D eigenvalue weighted by Gasteiger charge is 2.25. The summed E-state index contributed by atoms with van der Waals surface area (Å²) < 4.78 is 17.8. The van der Waals surface area contributed by atoms with Crippen LogP contribution in [0.3, 0.4) is 0 Å². The third-order valence-electron chi connectivity index (χ3n) is 4.41. The molecular weight excluding hydrogens is 370 g/mol. The minimum atomic E-state index is -0.712. The van der Waals surface area contributed by atoms with Crippen LogP contribution in [0.5, 0.6) is 5.75 Å². The van der Waals surface area contributed by atoms with Crippen molar-refractivity contribution in [3.05, 3.63) is 29.3 Å². The second-order valence-corrected chi connectivity index (χ2v) is 8.80. The third kappa shape index (κ3) is 7.16. The normalized spacial score (nSPS) is 21.9. The van der Waals surface area contributed by atoms with Crippen molar-refractivity contribution in [2.45, 2.75) is 50.8 Å². The standard InChI is InChI=1S/C19H30ClN3O2S/c1-3-21-19(22-12-13-25-17-10-8-15(20)9-11-17)23-16-6-5-7-18(14-16)26(24)4-2/h8-11,16,18H,3-7,12-14H2,1-2H3,(H2,21,22,23). The first-order valence-corrected chi connectivity index (χ1v) is 11.2. The van der Waals surface area contributed by atoms with Crippen LogP contribution < -0.4 is 15.4 Å². The minimum Gasteiger partial charge on any atom is -0.492 e. The number of ether oxygens (including phenoxy) is 1. The Morgan fingerprint density at radius 2 is 2.08 bits per heavy atom. The summed E-state index contributed by atoms with van der Waals surface area (Å²) in [6.07, 6.45) is 4.24. The molecule has 1 aliphatic carbocycles. The SMILES string of the molecule is CCNC(=NCCOc1ccc(Cl)cc1)NC1CCCC(S(=O)CC)C1. The van der Waals surface area contributed by atoms with Crippen molar-refractivity contribution in [1.82, 2.24) is 10.6 Å². The van der Waals surface area contributed by atoms with E-state index in [1.54, 1.807) is 0 Å². The molecule has 0 heterocycles. The van der Waals surface area contributed by atoms with Crippen molar-refractivity contribution < 1.29 is 8.95 Å². The number of halogens is 1. The van der Waals surface area contributed by atoms with E-state index in [9.17, 15) is 4.21 Å². The Morgan fingerprint density at radius 3 is 2.77 bits per heavy atom. The van der Waals surface area contributed by atoms with Crippen molar-refractivity contribution in [2.24, 2.45) is 4.99 Å². The zero-order valence-electron chi connectivity index (χ0n) is 15.7. The third-order valence-corrected chi connectivity index (χ3v) is 6.40. The van der Waals surface area contributed by atoms with Crippen LogP contribution in [0.25, 0.3) is 0 Å². The van der Waals surface area contributed by atoms with E-state index in [2.05, 4.69) is 22.5 Å². The predicted octanol–water partition coefficient (Wildman–Crippen LogP) is 3.35. The molecule has 1 fully saturated rings. The number of nitrogens with zero attached hydrogens (tertiary/aromatic N) is 1. The Bertz CT molecular complexity index is 595. The number of rotatable bonds is 8. The van der Waals surface area contributed by atoms with Gasteiger partial charge in [-0.05, 0) is 50.5 Å². The highest BCUT2D eigenvalue weighted by atomic mass is 35.5. The molecule has 0 amide bonds. The van der Waals surface area contributed by atoms with Gasteiger partial charge in [-0.2, -0.15) is 0 Å². The summed E-state index contributed by atoms with van der Waals surface area (Å²) in [5, 5.41) is 7.79. The van der Waals surface area contributed by atoms with Crippen LogP contribution in [0.2, 0.25) is 5.02 Å². The molecule has 1 saturated carbocycles. The summed E-state index contributed by atoms with van der Waals surface area (Å²) in [7, 11) is -0.712. The number of hydrogen-bond acceptors (Lipinski definition) is 3. The summed E-state index contributed by atoms with van der Waals surface area (Å²) in [6.45, 7) is 5.93. The summed E-state index contributed by atoms with van der Waals surface area (Å²) in [4.78, 5) is 4.60. The summed E-state index contributed by atoms with van der Waals surface area (Å²) in [6, 6.07) is 7.66. The molecule has 0 aromatic heterocycles. The largest absolute Gasteiger partial charge is 0.492 e. The molecule has 1 aromatic carbocycles. The van der Waals surface area contributed by atoms with Gasteiger partial charge in [-0.1, -0.05) is 24.9 Å². The van der Waals surface area contributed by atoms with Crippen LogP contribution in [0.1, 0.15) is 39.5 Å². The molecule has 7 heteroatoms. The van der Waals surface area contributed by atoms with Crippen LogP contribution in [0.4, 0.5) is 0 Å². The van der Waals surface area contributed by atoms with Gasteiger partial charge in [-0.25, -0.2) is 4.99 Å². The number of benzene rings is 1. The van der Waals surface area contributed by atoms with E-state index in [4.69, 9.17) is 16.3 Å². The van der Waals surface area contributed by atoms with Gasteiger partial charge in [0.1, 0.15) is 12.4 Å². The molecule has 146 valence electrons. The van der Waals surface area contributed by atoms with Gasteiger partial charge in [-0.15, -0.1) is 0 Å². The molecule has 0 spiro atoms. The number of nitrogens with one attached hydrogen (secondary N) is 2. The first kappa shape index (κ1) is 21.0. The Labute approximate surface area is 164 Å². The fraction of sp³-hybridized carbons (Fsp3) is 0.632. The number of hydrogen-bond donors (Lipinski definition) is 2. The van der Waals surface area contributed by atoms with Gasteiger partial charge in [0.15, 0.2) is 5.96 Å². The van der Waals surface area contributed by atoms with Crippen LogP contribution in [0, 0.1) is 0 Å². The van der Waals surface area contributed by atoms with Gasteiger partial charge in [0.2, 0.25) is 0 Å². The molecule has 1 aromatic rings. The van der Waals surface area contributed by atoms with E-state index in [0.717, 1.165) is 49.7 Å². The molecule has 0 aliphatic heterocycles. The van der Waals surface area contributed by atoms with Gasteiger partial charge in [0.25, 0.3) is 0 Å². The second-order valence-electron chi connectivity index (χ2n) is 6.36. The lowest BCUT2D eigenvalue weighted by Crippen LogP contribution is -2.46. The molecule has 3 unspecified atom stereocenters. The molecule has 0 radical (unpaired) electrons. The topological polar surface area (TPSA) is 62.7 Å².